The molecule has 2 fully saturated rings. The molecule has 1 aromatic heterocycles. The van der Waals surface area contributed by atoms with Gasteiger partial charge in [0.15, 0.2) is 0 Å². The summed E-state index contributed by atoms with van der Waals surface area (Å²) in [5.41, 5.74) is 0. The van der Waals surface area contributed by atoms with Gasteiger partial charge in [-0.25, -0.2) is 0 Å². The van der Waals surface area contributed by atoms with Gasteiger partial charge in [-0.1, -0.05) is 0 Å². The summed E-state index contributed by atoms with van der Waals surface area (Å²) in [6.45, 7) is 1.43. The third kappa shape index (κ3) is 3.53. The lowest BCUT2D eigenvalue weighted by molar-refractivity contribution is -0.154. The summed E-state index contributed by atoms with van der Waals surface area (Å²) < 4.78 is 15.7. The third-order valence-corrected chi connectivity index (χ3v) is 4.80. The van der Waals surface area contributed by atoms with E-state index < -0.39 is 0 Å². The summed E-state index contributed by atoms with van der Waals surface area (Å²) in [7, 11) is 3.34. The van der Waals surface area contributed by atoms with Crippen LogP contribution in [-0.2, 0) is 20.7 Å². The Hall–Kier alpha value is -2.09. The number of carbonyl (C=O) groups is 2. The number of aryl methyl sites for hydroxylation is 1. The van der Waals surface area contributed by atoms with Crippen LogP contribution in [0.2, 0.25) is 0 Å². The van der Waals surface area contributed by atoms with Crippen LogP contribution >= 0.6 is 0 Å². The molecular formula is C16H23N3O5. The number of carbonyl (C=O) groups excluding carboxylic acids is 2. The Kier molecular flexibility index (Phi) is 5.03. The minimum atomic E-state index is 0.00953. The van der Waals surface area contributed by atoms with Crippen molar-refractivity contribution in [3.63, 3.8) is 0 Å². The Balaban J connectivity index is 1.53. The number of nitrogens with zero attached hydrogens (tertiary/aromatic N) is 3. The lowest BCUT2D eigenvalue weighted by Gasteiger charge is -2.37. The standard InChI is InChI=1S/C16H23N3O5/c1-18-12-5-7-19(8-6-13(12)23-10-16(18)21)15(20)4-3-11-9-14(22-2)17-24-11/h9,12-13H,3-8,10H2,1-2H3/t12-,13-/m0/s1. The number of amides is 2. The molecule has 0 radical (unpaired) electrons. The second-order valence-electron chi connectivity index (χ2n) is 6.22. The summed E-state index contributed by atoms with van der Waals surface area (Å²) in [5, 5.41) is 3.73. The van der Waals surface area contributed by atoms with Crippen molar-refractivity contribution >= 4 is 11.8 Å². The Morgan fingerprint density at radius 3 is 2.96 bits per heavy atom. The number of hydrogen-bond acceptors (Lipinski definition) is 6. The maximum Gasteiger partial charge on any atom is 0.254 e. The van der Waals surface area contributed by atoms with E-state index >= 15 is 0 Å². The van der Waals surface area contributed by atoms with Crippen LogP contribution in [-0.4, -0.2) is 72.8 Å². The number of hydrogen-bond donors (Lipinski definition) is 0. The van der Waals surface area contributed by atoms with E-state index in [1.165, 1.54) is 7.11 Å². The molecule has 0 aromatic carbocycles. The first-order chi connectivity index (χ1) is 11.6. The molecule has 2 aliphatic rings. The van der Waals surface area contributed by atoms with E-state index in [0.717, 1.165) is 12.8 Å². The van der Waals surface area contributed by atoms with E-state index in [0.29, 0.717) is 37.6 Å². The highest BCUT2D eigenvalue weighted by atomic mass is 16.5. The maximum absolute atomic E-state index is 12.5. The molecule has 0 spiro atoms. The molecule has 132 valence electrons. The molecule has 2 saturated heterocycles. The second kappa shape index (κ2) is 7.21. The minimum Gasteiger partial charge on any atom is -0.479 e. The van der Waals surface area contributed by atoms with E-state index in [2.05, 4.69) is 5.16 Å². The number of likely N-dealkylation sites (N-methyl/N-ethyl adjacent to an activating group) is 1. The lowest BCUT2D eigenvalue weighted by Crippen LogP contribution is -2.52. The van der Waals surface area contributed by atoms with Gasteiger partial charge in [-0.05, 0) is 18.0 Å². The molecule has 3 heterocycles. The van der Waals surface area contributed by atoms with Gasteiger partial charge in [0, 0.05) is 39.0 Å². The Labute approximate surface area is 140 Å². The largest absolute Gasteiger partial charge is 0.479 e. The van der Waals surface area contributed by atoms with E-state index in [4.69, 9.17) is 14.0 Å². The van der Waals surface area contributed by atoms with Crippen LogP contribution < -0.4 is 4.74 Å². The zero-order chi connectivity index (χ0) is 17.1. The summed E-state index contributed by atoms with van der Waals surface area (Å²) in [6, 6.07) is 1.75. The van der Waals surface area contributed by atoms with E-state index in [1.807, 2.05) is 11.9 Å². The van der Waals surface area contributed by atoms with E-state index in [1.54, 1.807) is 11.0 Å². The van der Waals surface area contributed by atoms with Crippen LogP contribution in [0.25, 0.3) is 0 Å². The Bertz CT molecular complexity index is 602. The van der Waals surface area contributed by atoms with Gasteiger partial charge in [0.1, 0.15) is 12.4 Å². The fourth-order valence-electron chi connectivity index (χ4n) is 3.31. The van der Waals surface area contributed by atoms with Gasteiger partial charge in [-0.2, -0.15) is 0 Å². The highest BCUT2D eigenvalue weighted by Crippen LogP contribution is 2.23. The zero-order valence-corrected chi connectivity index (χ0v) is 14.1. The van der Waals surface area contributed by atoms with Crippen LogP contribution in [0.3, 0.4) is 0 Å². The number of ether oxygens (including phenoxy) is 2. The molecule has 3 rings (SSSR count). The van der Waals surface area contributed by atoms with Crippen molar-refractivity contribution in [1.82, 2.24) is 15.0 Å². The summed E-state index contributed by atoms with van der Waals surface area (Å²) in [4.78, 5) is 27.8. The highest BCUT2D eigenvalue weighted by molar-refractivity contribution is 5.78. The van der Waals surface area contributed by atoms with Crippen molar-refractivity contribution < 1.29 is 23.6 Å². The fourth-order valence-corrected chi connectivity index (χ4v) is 3.31. The van der Waals surface area contributed by atoms with Crippen LogP contribution in [0.15, 0.2) is 10.6 Å². The number of methoxy groups -OCH3 is 1. The van der Waals surface area contributed by atoms with Crippen molar-refractivity contribution in [3.8, 4) is 5.88 Å². The molecule has 1 aromatic rings. The van der Waals surface area contributed by atoms with Gasteiger partial charge in [-0.15, -0.1) is 0 Å². The molecule has 2 aliphatic heterocycles. The first-order valence-electron chi connectivity index (χ1n) is 8.23. The SMILES string of the molecule is COc1cc(CCC(=O)N2CC[C@@H]3OCC(=O)N(C)[C@H]3CC2)on1. The molecule has 8 heteroatoms. The smallest absolute Gasteiger partial charge is 0.254 e. The Morgan fingerprint density at radius 2 is 2.21 bits per heavy atom. The second-order valence-corrected chi connectivity index (χ2v) is 6.22. The molecule has 0 saturated carbocycles. The predicted molar refractivity (Wildman–Crippen MR) is 83.5 cm³/mol. The molecule has 0 bridgehead atoms. The van der Waals surface area contributed by atoms with Gasteiger partial charge in [0.05, 0.1) is 19.3 Å². The molecule has 0 N–H and O–H groups in total. The lowest BCUT2D eigenvalue weighted by atomic mass is 10.0. The summed E-state index contributed by atoms with van der Waals surface area (Å²) in [5.74, 6) is 1.15. The third-order valence-electron chi connectivity index (χ3n) is 4.80. The molecular weight excluding hydrogens is 314 g/mol. The summed E-state index contributed by atoms with van der Waals surface area (Å²) in [6.07, 6.45) is 2.37. The van der Waals surface area contributed by atoms with Crippen molar-refractivity contribution in [1.29, 1.82) is 0 Å². The highest BCUT2D eigenvalue weighted by Gasteiger charge is 2.37. The molecule has 0 unspecified atom stereocenters. The number of morpholine rings is 1. The maximum atomic E-state index is 12.5. The monoisotopic (exact) mass is 337 g/mol. The Morgan fingerprint density at radius 1 is 1.42 bits per heavy atom. The number of aromatic nitrogens is 1. The molecule has 0 aliphatic carbocycles. The van der Waals surface area contributed by atoms with E-state index in [-0.39, 0.29) is 30.6 Å². The van der Waals surface area contributed by atoms with Crippen molar-refractivity contribution in [2.75, 3.05) is 33.9 Å². The van der Waals surface area contributed by atoms with E-state index in [9.17, 15) is 9.59 Å². The molecule has 2 amide bonds. The first kappa shape index (κ1) is 16.8. The van der Waals surface area contributed by atoms with Crippen LogP contribution in [0.5, 0.6) is 5.88 Å². The molecule has 2 atom stereocenters. The fraction of sp³-hybridized carbons (Fsp3) is 0.688. The molecule has 24 heavy (non-hydrogen) atoms. The van der Waals surface area contributed by atoms with Crippen molar-refractivity contribution in [2.45, 2.75) is 37.8 Å². The molecule has 8 nitrogen and oxygen atoms in total. The quantitative estimate of drug-likeness (QED) is 0.794. The number of fused-ring (bicyclic) bond motifs is 1. The zero-order valence-electron chi connectivity index (χ0n) is 14.1. The van der Waals surface area contributed by atoms with Gasteiger partial charge in [-0.3, -0.25) is 9.59 Å². The number of rotatable bonds is 4. The van der Waals surface area contributed by atoms with Gasteiger partial charge in [0.2, 0.25) is 11.8 Å². The van der Waals surface area contributed by atoms with Gasteiger partial charge >= 0.3 is 0 Å². The van der Waals surface area contributed by atoms with Crippen LogP contribution in [0.4, 0.5) is 0 Å². The first-order valence-corrected chi connectivity index (χ1v) is 8.23. The predicted octanol–water partition coefficient (Wildman–Crippen LogP) is 0.464. The van der Waals surface area contributed by atoms with Crippen molar-refractivity contribution in [3.05, 3.63) is 11.8 Å². The van der Waals surface area contributed by atoms with Crippen LogP contribution in [0.1, 0.15) is 25.0 Å². The average molecular weight is 337 g/mol. The van der Waals surface area contributed by atoms with Crippen LogP contribution in [0, 0.1) is 0 Å². The van der Waals surface area contributed by atoms with Gasteiger partial charge in [0.25, 0.3) is 5.88 Å². The summed E-state index contributed by atoms with van der Waals surface area (Å²) >= 11 is 0. The topological polar surface area (TPSA) is 85.1 Å². The van der Waals surface area contributed by atoms with Crippen molar-refractivity contribution in [2.24, 2.45) is 0 Å². The minimum absolute atomic E-state index is 0.00953. The normalized spacial score (nSPS) is 24.5. The number of likely N-dealkylation sites (tertiary alicyclic amines) is 1. The van der Waals surface area contributed by atoms with Gasteiger partial charge < -0.3 is 23.8 Å². The average Bonchev–Trinajstić information content (AvgIpc) is 2.94.